The molecule has 1 heterocycles. The van der Waals surface area contributed by atoms with E-state index >= 15 is 0 Å². The number of hydrogen-bond donors (Lipinski definition) is 1. The van der Waals surface area contributed by atoms with E-state index in [1.807, 2.05) is 11.8 Å². The van der Waals surface area contributed by atoms with Gasteiger partial charge in [-0.3, -0.25) is 4.79 Å². The van der Waals surface area contributed by atoms with Crippen molar-refractivity contribution in [2.75, 3.05) is 19.6 Å². The van der Waals surface area contributed by atoms with Gasteiger partial charge in [0.2, 0.25) is 5.91 Å². The van der Waals surface area contributed by atoms with Crippen molar-refractivity contribution in [2.24, 2.45) is 17.6 Å². The first kappa shape index (κ1) is 11.5. The van der Waals surface area contributed by atoms with Crippen LogP contribution in [-0.2, 0) is 4.79 Å². The van der Waals surface area contributed by atoms with E-state index in [4.69, 9.17) is 5.73 Å². The molecule has 0 aliphatic carbocycles. The number of carbonyl (C=O) groups is 1. The Hall–Kier alpha value is -0.570. The van der Waals surface area contributed by atoms with Crippen LogP contribution >= 0.6 is 0 Å². The molecule has 0 bridgehead atoms. The molecule has 0 aromatic rings. The molecule has 0 radical (unpaired) electrons. The van der Waals surface area contributed by atoms with Crippen molar-refractivity contribution in [3.63, 3.8) is 0 Å². The fourth-order valence-corrected chi connectivity index (χ4v) is 1.93. The maximum atomic E-state index is 11.9. The third-order valence-corrected chi connectivity index (χ3v) is 3.22. The quantitative estimate of drug-likeness (QED) is 0.741. The second kappa shape index (κ2) is 5.35. The second-order valence-electron chi connectivity index (χ2n) is 4.35. The lowest BCUT2D eigenvalue weighted by atomic mass is 9.97. The molecule has 0 saturated carbocycles. The third kappa shape index (κ3) is 2.71. The highest BCUT2D eigenvalue weighted by Gasteiger charge is 2.24. The monoisotopic (exact) mass is 198 g/mol. The van der Waals surface area contributed by atoms with Crippen molar-refractivity contribution in [3.8, 4) is 0 Å². The van der Waals surface area contributed by atoms with Gasteiger partial charge < -0.3 is 10.6 Å². The Morgan fingerprint density at radius 2 is 2.07 bits per heavy atom. The summed E-state index contributed by atoms with van der Waals surface area (Å²) >= 11 is 0. The van der Waals surface area contributed by atoms with Gasteiger partial charge >= 0.3 is 0 Å². The first-order chi connectivity index (χ1) is 6.69. The predicted molar refractivity (Wildman–Crippen MR) is 57.8 cm³/mol. The molecule has 1 atom stereocenters. The summed E-state index contributed by atoms with van der Waals surface area (Å²) in [5.41, 5.74) is 5.57. The van der Waals surface area contributed by atoms with Crippen molar-refractivity contribution >= 4 is 5.91 Å². The second-order valence-corrected chi connectivity index (χ2v) is 4.35. The topological polar surface area (TPSA) is 46.3 Å². The van der Waals surface area contributed by atoms with Gasteiger partial charge in [0.25, 0.3) is 0 Å². The Balaban J connectivity index is 2.44. The van der Waals surface area contributed by atoms with Crippen LogP contribution in [0.1, 0.15) is 33.1 Å². The smallest absolute Gasteiger partial charge is 0.226 e. The number of nitrogens with zero attached hydrogens (tertiary/aromatic N) is 1. The molecule has 1 unspecified atom stereocenters. The minimum atomic E-state index is 0.0448. The predicted octanol–water partition coefficient (Wildman–Crippen LogP) is 1.23. The van der Waals surface area contributed by atoms with E-state index in [9.17, 15) is 4.79 Å². The molecule has 82 valence electrons. The van der Waals surface area contributed by atoms with Crippen LogP contribution in [0.25, 0.3) is 0 Å². The Bertz CT molecular complexity index is 182. The summed E-state index contributed by atoms with van der Waals surface area (Å²) in [5, 5.41) is 0. The molecular weight excluding hydrogens is 176 g/mol. The van der Waals surface area contributed by atoms with Gasteiger partial charge in [0.15, 0.2) is 0 Å². The summed E-state index contributed by atoms with van der Waals surface area (Å²) in [7, 11) is 0. The number of hydrogen-bond acceptors (Lipinski definition) is 2. The van der Waals surface area contributed by atoms with Crippen molar-refractivity contribution in [3.05, 3.63) is 0 Å². The van der Waals surface area contributed by atoms with Crippen LogP contribution in [0.2, 0.25) is 0 Å². The summed E-state index contributed by atoms with van der Waals surface area (Å²) in [5.74, 6) is 1.09. The van der Waals surface area contributed by atoms with Gasteiger partial charge in [0.05, 0.1) is 5.92 Å². The van der Waals surface area contributed by atoms with E-state index < -0.39 is 0 Å². The summed E-state index contributed by atoms with van der Waals surface area (Å²) < 4.78 is 0. The molecule has 0 spiro atoms. The average molecular weight is 198 g/mol. The maximum Gasteiger partial charge on any atom is 0.226 e. The number of carbonyl (C=O) groups excluding carboxylic acids is 1. The van der Waals surface area contributed by atoms with Gasteiger partial charge in [0.1, 0.15) is 0 Å². The molecule has 1 aliphatic rings. The average Bonchev–Trinajstić information content (AvgIpc) is 2.20. The minimum Gasteiger partial charge on any atom is -0.342 e. The molecule has 14 heavy (non-hydrogen) atoms. The van der Waals surface area contributed by atoms with Gasteiger partial charge in [-0.25, -0.2) is 0 Å². The van der Waals surface area contributed by atoms with Crippen molar-refractivity contribution in [2.45, 2.75) is 33.1 Å². The van der Waals surface area contributed by atoms with E-state index in [0.29, 0.717) is 6.54 Å². The Labute approximate surface area is 86.6 Å². The molecule has 1 aliphatic heterocycles. The van der Waals surface area contributed by atoms with E-state index in [2.05, 4.69) is 6.92 Å². The van der Waals surface area contributed by atoms with Crippen LogP contribution in [0.15, 0.2) is 0 Å². The van der Waals surface area contributed by atoms with Crippen LogP contribution in [0.4, 0.5) is 0 Å². The number of likely N-dealkylation sites (tertiary alicyclic amines) is 1. The number of nitrogens with two attached hydrogens (primary N) is 1. The molecule has 1 rings (SSSR count). The fraction of sp³-hybridized carbons (Fsp3) is 0.909. The summed E-state index contributed by atoms with van der Waals surface area (Å²) in [6.45, 7) is 6.62. The first-order valence-corrected chi connectivity index (χ1v) is 5.67. The maximum absolute atomic E-state index is 11.9. The minimum absolute atomic E-state index is 0.0448. The standard InChI is InChI=1S/C11H22N2O/c1-3-10(8-12)11(14)13-6-4-9(2)5-7-13/h9-10H,3-8,12H2,1-2H3. The van der Waals surface area contributed by atoms with E-state index in [0.717, 1.165) is 38.3 Å². The molecule has 2 N–H and O–H groups in total. The van der Waals surface area contributed by atoms with Gasteiger partial charge in [-0.05, 0) is 25.2 Å². The SMILES string of the molecule is CCC(CN)C(=O)N1CCC(C)CC1. The lowest BCUT2D eigenvalue weighted by Crippen LogP contribution is -2.43. The van der Waals surface area contributed by atoms with Crippen molar-refractivity contribution in [1.29, 1.82) is 0 Å². The molecule has 1 amide bonds. The van der Waals surface area contributed by atoms with Crippen LogP contribution < -0.4 is 5.73 Å². The van der Waals surface area contributed by atoms with Crippen molar-refractivity contribution < 1.29 is 4.79 Å². The zero-order valence-electron chi connectivity index (χ0n) is 9.33. The molecule has 0 aromatic heterocycles. The van der Waals surface area contributed by atoms with E-state index in [-0.39, 0.29) is 11.8 Å². The van der Waals surface area contributed by atoms with Gasteiger partial charge in [0, 0.05) is 19.6 Å². The highest BCUT2D eigenvalue weighted by Crippen LogP contribution is 2.18. The zero-order chi connectivity index (χ0) is 10.6. The highest BCUT2D eigenvalue weighted by atomic mass is 16.2. The van der Waals surface area contributed by atoms with Gasteiger partial charge in [-0.15, -0.1) is 0 Å². The molecule has 1 fully saturated rings. The fourth-order valence-electron chi connectivity index (χ4n) is 1.93. The van der Waals surface area contributed by atoms with Crippen LogP contribution in [0.5, 0.6) is 0 Å². The van der Waals surface area contributed by atoms with E-state index in [1.54, 1.807) is 0 Å². The van der Waals surface area contributed by atoms with E-state index in [1.165, 1.54) is 0 Å². The number of rotatable bonds is 3. The Morgan fingerprint density at radius 1 is 1.50 bits per heavy atom. The third-order valence-electron chi connectivity index (χ3n) is 3.22. The van der Waals surface area contributed by atoms with Crippen LogP contribution in [0.3, 0.4) is 0 Å². The summed E-state index contributed by atoms with van der Waals surface area (Å²) in [4.78, 5) is 13.9. The largest absolute Gasteiger partial charge is 0.342 e. The molecule has 3 heteroatoms. The van der Waals surface area contributed by atoms with Gasteiger partial charge in [-0.1, -0.05) is 13.8 Å². The zero-order valence-corrected chi connectivity index (χ0v) is 9.33. The molecule has 0 aromatic carbocycles. The van der Waals surface area contributed by atoms with Gasteiger partial charge in [-0.2, -0.15) is 0 Å². The summed E-state index contributed by atoms with van der Waals surface area (Å²) in [6.07, 6.45) is 3.15. The van der Waals surface area contributed by atoms with Crippen molar-refractivity contribution in [1.82, 2.24) is 4.90 Å². The number of piperidine rings is 1. The highest BCUT2D eigenvalue weighted by molar-refractivity contribution is 5.79. The molecule has 1 saturated heterocycles. The Kier molecular flexibility index (Phi) is 4.39. The lowest BCUT2D eigenvalue weighted by molar-refractivity contribution is -0.136. The van der Waals surface area contributed by atoms with Crippen LogP contribution in [0, 0.1) is 11.8 Å². The summed E-state index contributed by atoms with van der Waals surface area (Å²) in [6, 6.07) is 0. The lowest BCUT2D eigenvalue weighted by Gasteiger charge is -2.32. The number of amides is 1. The molecular formula is C11H22N2O. The Morgan fingerprint density at radius 3 is 2.50 bits per heavy atom. The molecule has 3 nitrogen and oxygen atoms in total. The normalized spacial score (nSPS) is 20.9. The van der Waals surface area contributed by atoms with Crippen LogP contribution in [-0.4, -0.2) is 30.4 Å². The first-order valence-electron chi connectivity index (χ1n) is 5.67.